The van der Waals surface area contributed by atoms with Crippen LogP contribution in [0.2, 0.25) is 0 Å². The summed E-state index contributed by atoms with van der Waals surface area (Å²) in [6.07, 6.45) is 0.713. The highest BCUT2D eigenvalue weighted by Gasteiger charge is 2.16. The molecule has 0 aliphatic heterocycles. The van der Waals surface area contributed by atoms with Crippen LogP contribution in [-0.2, 0) is 20.7 Å². The van der Waals surface area contributed by atoms with E-state index < -0.39 is 17.5 Å². The molecule has 0 radical (unpaired) electrons. The zero-order valence-electron chi connectivity index (χ0n) is 14.5. The first-order valence-electron chi connectivity index (χ1n) is 7.67. The Morgan fingerprint density at radius 3 is 2.58 bits per heavy atom. The van der Waals surface area contributed by atoms with Gasteiger partial charge in [0.1, 0.15) is 6.61 Å². The van der Waals surface area contributed by atoms with Gasteiger partial charge in [-0.25, -0.2) is 10.3 Å². The largest absolute Gasteiger partial charge is 0.468 e. The Kier molecular flexibility index (Phi) is 8.52. The normalized spacial score (nSPS) is 12.6. The number of pyridine rings is 1. The average molecular weight is 428 g/mol. The molecule has 0 aliphatic rings. The molecule has 0 unspecified atom stereocenters. The number of aromatic nitrogens is 1. The van der Waals surface area contributed by atoms with Gasteiger partial charge in [-0.3, -0.25) is 10.8 Å². The molecule has 1 aromatic heterocycles. The predicted molar refractivity (Wildman–Crippen MR) is 98.7 cm³/mol. The summed E-state index contributed by atoms with van der Waals surface area (Å²) >= 11 is 3.41. The Labute approximate surface area is 159 Å². The smallest absolute Gasteiger partial charge is 0.359 e. The van der Waals surface area contributed by atoms with Crippen molar-refractivity contribution in [1.82, 2.24) is 10.4 Å². The van der Waals surface area contributed by atoms with E-state index >= 15 is 0 Å². The van der Waals surface area contributed by atoms with Crippen molar-refractivity contribution in [2.75, 3.05) is 13.2 Å². The van der Waals surface area contributed by atoms with Crippen LogP contribution in [0.3, 0.4) is 0 Å². The van der Waals surface area contributed by atoms with Crippen molar-refractivity contribution < 1.29 is 14.3 Å². The van der Waals surface area contributed by atoms with Crippen molar-refractivity contribution in [3.63, 3.8) is 0 Å². The standard InChI is InChI=1S/C15H22BrN7O3/c1-3-9-8(16)5-6-10(21-9)12(17)11(22-19)7-26-14(23-20)13(18)15(24)25-4-2/h5-6,20,22H,3-4,7,17-19H2,1-2H3/b12-11-,14-13+,23-20?. The molecule has 26 heavy (non-hydrogen) atoms. The second-order valence-electron chi connectivity index (χ2n) is 4.85. The number of hydrazine groups is 1. The van der Waals surface area contributed by atoms with Gasteiger partial charge in [0.15, 0.2) is 5.70 Å². The second kappa shape index (κ2) is 10.4. The number of aryl methyl sites for hydroxylation is 1. The topological polar surface area (TPSA) is 175 Å². The lowest BCUT2D eigenvalue weighted by molar-refractivity contribution is -0.138. The number of carbonyl (C=O) groups is 1. The molecule has 0 aromatic carbocycles. The van der Waals surface area contributed by atoms with Crippen molar-refractivity contribution >= 4 is 27.6 Å². The van der Waals surface area contributed by atoms with Gasteiger partial charge in [0.05, 0.1) is 29.4 Å². The van der Waals surface area contributed by atoms with Gasteiger partial charge >= 0.3 is 5.97 Å². The van der Waals surface area contributed by atoms with E-state index in [4.69, 9.17) is 32.3 Å². The first-order valence-corrected chi connectivity index (χ1v) is 8.46. The lowest BCUT2D eigenvalue weighted by atomic mass is 10.2. The summed E-state index contributed by atoms with van der Waals surface area (Å²) in [6, 6.07) is 3.54. The van der Waals surface area contributed by atoms with Gasteiger partial charge in [-0.1, -0.05) is 6.92 Å². The van der Waals surface area contributed by atoms with Crippen molar-refractivity contribution in [3.8, 4) is 0 Å². The lowest BCUT2D eigenvalue weighted by Gasteiger charge is -2.14. The highest BCUT2D eigenvalue weighted by Crippen LogP contribution is 2.19. The van der Waals surface area contributed by atoms with E-state index in [-0.39, 0.29) is 24.6 Å². The lowest BCUT2D eigenvalue weighted by Crippen LogP contribution is -2.28. The molecule has 142 valence electrons. The number of rotatable bonds is 9. The number of carbonyl (C=O) groups excluding carboxylic acids is 1. The van der Waals surface area contributed by atoms with Crippen LogP contribution in [0.4, 0.5) is 0 Å². The highest BCUT2D eigenvalue weighted by molar-refractivity contribution is 9.10. The maximum atomic E-state index is 11.6. The Balaban J connectivity index is 3.07. The summed E-state index contributed by atoms with van der Waals surface area (Å²) in [5, 5.41) is 3.10. The molecule has 0 bridgehead atoms. The van der Waals surface area contributed by atoms with Crippen LogP contribution in [-0.4, -0.2) is 24.2 Å². The summed E-state index contributed by atoms with van der Waals surface area (Å²) < 4.78 is 10.9. The summed E-state index contributed by atoms with van der Waals surface area (Å²) in [4.78, 5) is 16.0. The molecule has 11 heteroatoms. The molecular weight excluding hydrogens is 406 g/mol. The van der Waals surface area contributed by atoms with Gasteiger partial charge in [0.25, 0.3) is 5.88 Å². The van der Waals surface area contributed by atoms with E-state index in [1.165, 1.54) is 0 Å². The maximum absolute atomic E-state index is 11.6. The van der Waals surface area contributed by atoms with Crippen LogP contribution in [0.5, 0.6) is 0 Å². The molecule has 0 saturated carbocycles. The van der Waals surface area contributed by atoms with Gasteiger partial charge in [0, 0.05) is 4.47 Å². The first-order chi connectivity index (χ1) is 12.4. The van der Waals surface area contributed by atoms with E-state index in [9.17, 15) is 4.79 Å². The van der Waals surface area contributed by atoms with Gasteiger partial charge in [-0.05, 0) is 41.4 Å². The molecule has 8 N–H and O–H groups in total. The Hall–Kier alpha value is -2.66. The fourth-order valence-electron chi connectivity index (χ4n) is 1.84. The van der Waals surface area contributed by atoms with E-state index in [2.05, 4.69) is 31.5 Å². The molecule has 0 amide bonds. The van der Waals surface area contributed by atoms with Crippen LogP contribution in [0.25, 0.3) is 5.70 Å². The third-order valence-electron chi connectivity index (χ3n) is 3.21. The summed E-state index contributed by atoms with van der Waals surface area (Å²) in [5.41, 5.74) is 22.6. The number of ether oxygens (including phenoxy) is 2. The van der Waals surface area contributed by atoms with Crippen molar-refractivity contribution in [2.45, 2.75) is 20.3 Å². The fraction of sp³-hybridized carbons (Fsp3) is 0.333. The molecule has 1 heterocycles. The highest BCUT2D eigenvalue weighted by atomic mass is 79.9. The van der Waals surface area contributed by atoms with Gasteiger partial charge in [-0.2, -0.15) is 0 Å². The Morgan fingerprint density at radius 1 is 1.35 bits per heavy atom. The van der Waals surface area contributed by atoms with Crippen molar-refractivity contribution in [3.05, 3.63) is 45.3 Å². The predicted octanol–water partition coefficient (Wildman–Crippen LogP) is 1.24. The van der Waals surface area contributed by atoms with Crippen LogP contribution in [0.1, 0.15) is 25.2 Å². The summed E-state index contributed by atoms with van der Waals surface area (Å²) in [7, 11) is 0. The molecule has 0 atom stereocenters. The average Bonchev–Trinajstić information content (AvgIpc) is 2.65. The van der Waals surface area contributed by atoms with Crippen LogP contribution in [0.15, 0.2) is 39.0 Å². The molecule has 10 nitrogen and oxygen atoms in total. The third kappa shape index (κ3) is 5.43. The molecular formula is C15H22BrN7O3. The van der Waals surface area contributed by atoms with Crippen molar-refractivity contribution in [2.24, 2.45) is 22.4 Å². The maximum Gasteiger partial charge on any atom is 0.359 e. The van der Waals surface area contributed by atoms with E-state index in [0.717, 1.165) is 10.2 Å². The number of nitrogens with zero attached hydrogens (tertiary/aromatic N) is 2. The van der Waals surface area contributed by atoms with Gasteiger partial charge in [-0.15, -0.1) is 5.11 Å². The van der Waals surface area contributed by atoms with Gasteiger partial charge in [0.2, 0.25) is 0 Å². The molecule has 0 aliphatic carbocycles. The van der Waals surface area contributed by atoms with Crippen molar-refractivity contribution in [1.29, 1.82) is 5.53 Å². The molecule has 0 saturated heterocycles. The first kappa shape index (κ1) is 21.4. The quantitative estimate of drug-likeness (QED) is 0.0975. The zero-order chi connectivity index (χ0) is 19.7. The Bertz CT molecular complexity index is 734. The molecule has 1 rings (SSSR count). The monoisotopic (exact) mass is 427 g/mol. The minimum absolute atomic E-state index is 0.127. The minimum Gasteiger partial charge on any atom is -0.468 e. The van der Waals surface area contributed by atoms with E-state index in [1.54, 1.807) is 13.0 Å². The molecule has 1 aromatic rings. The number of hydrogen-bond donors (Lipinski definition) is 5. The number of nitrogens with two attached hydrogens (primary N) is 3. The third-order valence-corrected chi connectivity index (χ3v) is 3.93. The van der Waals surface area contributed by atoms with Crippen LogP contribution >= 0.6 is 15.9 Å². The summed E-state index contributed by atoms with van der Waals surface area (Å²) in [6.45, 7) is 3.51. The summed E-state index contributed by atoms with van der Waals surface area (Å²) in [5.74, 6) is 4.27. The molecule has 0 spiro atoms. The molecule has 0 fully saturated rings. The zero-order valence-corrected chi connectivity index (χ0v) is 16.1. The number of halogens is 1. The van der Waals surface area contributed by atoms with E-state index in [1.807, 2.05) is 13.0 Å². The van der Waals surface area contributed by atoms with Gasteiger partial charge < -0.3 is 26.4 Å². The minimum atomic E-state index is -0.833. The number of nitrogens with one attached hydrogen (secondary N) is 2. The van der Waals surface area contributed by atoms with Crippen LogP contribution < -0.4 is 22.7 Å². The van der Waals surface area contributed by atoms with Crippen LogP contribution in [0, 0.1) is 5.53 Å². The SMILES string of the molecule is CCOC(=O)/C(N)=C(/N=N)OC/C(NN)=C(/N)c1ccc(Br)c(CC)n1. The number of esters is 1. The van der Waals surface area contributed by atoms with E-state index in [0.29, 0.717) is 12.1 Å². The number of hydrogen-bond acceptors (Lipinski definition) is 10. The fourth-order valence-corrected chi connectivity index (χ4v) is 2.34. The Morgan fingerprint density at radius 2 is 2.04 bits per heavy atom. The second-order valence-corrected chi connectivity index (χ2v) is 5.71.